The van der Waals surface area contributed by atoms with Crippen molar-refractivity contribution in [2.75, 3.05) is 36.9 Å². The van der Waals surface area contributed by atoms with Crippen LogP contribution in [-0.2, 0) is 4.79 Å². The molecule has 0 bridgehead atoms. The minimum absolute atomic E-state index is 0. The van der Waals surface area contributed by atoms with Crippen LogP contribution in [0.2, 0.25) is 0 Å². The van der Waals surface area contributed by atoms with Gasteiger partial charge in [-0.3, -0.25) is 4.79 Å². The molecule has 0 aliphatic carbocycles. The first-order valence-corrected chi connectivity index (χ1v) is 7.37. The van der Waals surface area contributed by atoms with Crippen molar-refractivity contribution < 1.29 is 4.79 Å². The maximum Gasteiger partial charge on any atom is 0.229 e. The average molecular weight is 349 g/mol. The predicted molar refractivity (Wildman–Crippen MR) is 96.5 cm³/mol. The molecule has 0 spiro atoms. The third kappa shape index (κ3) is 5.99. The lowest BCUT2D eigenvalue weighted by Crippen LogP contribution is -2.30. The van der Waals surface area contributed by atoms with Crippen molar-refractivity contribution in [3.05, 3.63) is 18.3 Å². The molecule has 2 heterocycles. The summed E-state index contributed by atoms with van der Waals surface area (Å²) in [4.78, 5) is 18.6. The molecule has 126 valence electrons. The van der Waals surface area contributed by atoms with E-state index in [0.717, 1.165) is 18.8 Å². The zero-order chi connectivity index (χ0) is 14.4. The number of piperidine rings is 1. The van der Waals surface area contributed by atoms with Crippen LogP contribution in [-0.4, -0.2) is 37.6 Å². The Morgan fingerprint density at radius 3 is 2.50 bits per heavy atom. The quantitative estimate of drug-likeness (QED) is 0.858. The molecule has 1 aromatic heterocycles. The summed E-state index contributed by atoms with van der Waals surface area (Å²) in [5, 5.41) is 5.85. The highest BCUT2D eigenvalue weighted by molar-refractivity contribution is 5.91. The highest BCUT2D eigenvalue weighted by Crippen LogP contribution is 2.20. The Morgan fingerprint density at radius 1 is 1.27 bits per heavy atom. The maximum absolute atomic E-state index is 11.9. The van der Waals surface area contributed by atoms with Crippen LogP contribution >= 0.6 is 24.8 Å². The Balaban J connectivity index is 0.00000220. The number of carbonyl (C=O) groups is 1. The van der Waals surface area contributed by atoms with E-state index in [1.165, 1.54) is 19.3 Å². The van der Waals surface area contributed by atoms with Crippen molar-refractivity contribution in [2.24, 2.45) is 5.92 Å². The van der Waals surface area contributed by atoms with Crippen LogP contribution < -0.4 is 15.5 Å². The van der Waals surface area contributed by atoms with Crippen molar-refractivity contribution in [3.63, 3.8) is 0 Å². The molecule has 0 aromatic carbocycles. The van der Waals surface area contributed by atoms with Gasteiger partial charge in [0.1, 0.15) is 5.82 Å². The monoisotopic (exact) mass is 348 g/mol. The lowest BCUT2D eigenvalue weighted by Gasteiger charge is -2.28. The fourth-order valence-corrected chi connectivity index (χ4v) is 2.45. The summed E-state index contributed by atoms with van der Waals surface area (Å²) in [5.41, 5.74) is 1.14. The zero-order valence-electron chi connectivity index (χ0n) is 13.2. The molecule has 0 saturated carbocycles. The molecule has 2 rings (SSSR count). The van der Waals surface area contributed by atoms with Gasteiger partial charge < -0.3 is 15.5 Å². The first kappa shape index (κ1) is 21.0. The maximum atomic E-state index is 11.9. The fourth-order valence-electron chi connectivity index (χ4n) is 2.45. The van der Waals surface area contributed by atoms with Gasteiger partial charge >= 0.3 is 0 Å². The standard InChI is InChI=1S/C15H24N4O.2ClH/c1-12(10-16-2)15(20)18-14-7-6-13(11-17-14)19-8-4-3-5-9-19;;/h6-7,11-12,16H,3-5,8-10H2,1-2H3,(H,17,18,20);2*1H. The Labute approximate surface area is 145 Å². The summed E-state index contributed by atoms with van der Waals surface area (Å²) in [7, 11) is 1.84. The van der Waals surface area contributed by atoms with E-state index < -0.39 is 0 Å². The highest BCUT2D eigenvalue weighted by atomic mass is 35.5. The van der Waals surface area contributed by atoms with E-state index >= 15 is 0 Å². The van der Waals surface area contributed by atoms with Crippen molar-refractivity contribution in [2.45, 2.75) is 26.2 Å². The van der Waals surface area contributed by atoms with Crippen molar-refractivity contribution in [3.8, 4) is 0 Å². The first-order valence-electron chi connectivity index (χ1n) is 7.37. The second-order valence-electron chi connectivity index (χ2n) is 5.40. The lowest BCUT2D eigenvalue weighted by atomic mass is 10.1. The summed E-state index contributed by atoms with van der Waals surface area (Å²) in [6.07, 6.45) is 5.67. The van der Waals surface area contributed by atoms with Gasteiger partial charge in [-0.2, -0.15) is 0 Å². The van der Waals surface area contributed by atoms with E-state index in [1.54, 1.807) is 0 Å². The number of rotatable bonds is 5. The largest absolute Gasteiger partial charge is 0.370 e. The molecule has 1 fully saturated rings. The molecule has 1 saturated heterocycles. The van der Waals surface area contributed by atoms with Crippen LogP contribution in [0.5, 0.6) is 0 Å². The fraction of sp³-hybridized carbons (Fsp3) is 0.600. The van der Waals surface area contributed by atoms with Crippen LogP contribution in [0.25, 0.3) is 0 Å². The minimum atomic E-state index is -0.0661. The zero-order valence-corrected chi connectivity index (χ0v) is 14.8. The Hall–Kier alpha value is -1.04. The number of nitrogens with one attached hydrogen (secondary N) is 2. The molecule has 1 aromatic rings. The SMILES string of the molecule is CNCC(C)C(=O)Nc1ccc(N2CCCCC2)cn1.Cl.Cl. The normalized spacial score (nSPS) is 15.3. The number of amides is 1. The predicted octanol–water partition coefficient (Wildman–Crippen LogP) is 2.71. The summed E-state index contributed by atoms with van der Waals surface area (Å²) >= 11 is 0. The molecule has 1 amide bonds. The van der Waals surface area contributed by atoms with Crippen LogP contribution in [0, 0.1) is 5.92 Å². The molecular formula is C15H26Cl2N4O. The van der Waals surface area contributed by atoms with Gasteiger partial charge in [-0.25, -0.2) is 4.98 Å². The van der Waals surface area contributed by atoms with Crippen LogP contribution in [0.4, 0.5) is 11.5 Å². The van der Waals surface area contributed by atoms with Gasteiger partial charge in [-0.15, -0.1) is 24.8 Å². The lowest BCUT2D eigenvalue weighted by molar-refractivity contribution is -0.119. The van der Waals surface area contributed by atoms with E-state index in [-0.39, 0.29) is 36.6 Å². The smallest absolute Gasteiger partial charge is 0.229 e. The van der Waals surface area contributed by atoms with E-state index in [4.69, 9.17) is 0 Å². The molecular weight excluding hydrogens is 323 g/mol. The van der Waals surface area contributed by atoms with Crippen LogP contribution in [0.3, 0.4) is 0 Å². The number of anilines is 2. The van der Waals surface area contributed by atoms with Gasteiger partial charge in [-0.1, -0.05) is 6.92 Å². The molecule has 0 radical (unpaired) electrons. The number of halogens is 2. The first-order chi connectivity index (χ1) is 9.70. The summed E-state index contributed by atoms with van der Waals surface area (Å²) in [6.45, 7) is 4.77. The molecule has 1 atom stereocenters. The number of carbonyl (C=O) groups excluding carboxylic acids is 1. The van der Waals surface area contributed by atoms with E-state index in [9.17, 15) is 4.79 Å². The van der Waals surface area contributed by atoms with Gasteiger partial charge in [0.05, 0.1) is 11.9 Å². The van der Waals surface area contributed by atoms with Crippen LogP contribution in [0.15, 0.2) is 18.3 Å². The minimum Gasteiger partial charge on any atom is -0.370 e. The Morgan fingerprint density at radius 2 is 1.95 bits per heavy atom. The molecule has 22 heavy (non-hydrogen) atoms. The van der Waals surface area contributed by atoms with Crippen molar-refractivity contribution in [1.29, 1.82) is 0 Å². The van der Waals surface area contributed by atoms with Crippen molar-refractivity contribution >= 4 is 42.2 Å². The molecule has 2 N–H and O–H groups in total. The van der Waals surface area contributed by atoms with Crippen molar-refractivity contribution in [1.82, 2.24) is 10.3 Å². The van der Waals surface area contributed by atoms with Gasteiger partial charge in [0.15, 0.2) is 0 Å². The number of pyridine rings is 1. The topological polar surface area (TPSA) is 57.3 Å². The summed E-state index contributed by atoms with van der Waals surface area (Å²) in [6, 6.07) is 3.92. The summed E-state index contributed by atoms with van der Waals surface area (Å²) in [5.74, 6) is 0.555. The Kier molecular flexibility index (Phi) is 10.1. The number of hydrogen-bond donors (Lipinski definition) is 2. The van der Waals surface area contributed by atoms with Gasteiger partial charge in [-0.05, 0) is 38.4 Å². The molecule has 1 aliphatic rings. The third-order valence-corrected chi connectivity index (χ3v) is 3.68. The molecule has 1 unspecified atom stereocenters. The number of aromatic nitrogens is 1. The average Bonchev–Trinajstić information content (AvgIpc) is 2.49. The molecule has 7 heteroatoms. The third-order valence-electron chi connectivity index (χ3n) is 3.68. The van der Waals surface area contributed by atoms with E-state index in [0.29, 0.717) is 12.4 Å². The van der Waals surface area contributed by atoms with Gasteiger partial charge in [0.2, 0.25) is 5.91 Å². The second kappa shape index (κ2) is 10.6. The number of hydrogen-bond acceptors (Lipinski definition) is 4. The molecule has 1 aliphatic heterocycles. The van der Waals surface area contributed by atoms with Gasteiger partial charge in [0.25, 0.3) is 0 Å². The summed E-state index contributed by atoms with van der Waals surface area (Å²) < 4.78 is 0. The highest BCUT2D eigenvalue weighted by Gasteiger charge is 2.14. The molecule has 5 nitrogen and oxygen atoms in total. The van der Waals surface area contributed by atoms with E-state index in [2.05, 4.69) is 20.5 Å². The second-order valence-corrected chi connectivity index (χ2v) is 5.40. The van der Waals surface area contributed by atoms with Gasteiger partial charge in [0, 0.05) is 25.6 Å². The van der Waals surface area contributed by atoms with E-state index in [1.807, 2.05) is 32.3 Å². The Bertz CT molecular complexity index is 436. The number of nitrogens with zero attached hydrogens (tertiary/aromatic N) is 2. The van der Waals surface area contributed by atoms with Crippen LogP contribution in [0.1, 0.15) is 26.2 Å².